The molecule has 0 amide bonds. The maximum absolute atomic E-state index is 11.4. The molecule has 0 saturated heterocycles. The van der Waals surface area contributed by atoms with Crippen LogP contribution in [0.3, 0.4) is 0 Å². The van der Waals surface area contributed by atoms with Gasteiger partial charge in [0.1, 0.15) is 18.6 Å². The first-order valence-corrected chi connectivity index (χ1v) is 10.6. The van der Waals surface area contributed by atoms with E-state index in [1.807, 2.05) is 0 Å². The quantitative estimate of drug-likeness (QED) is 0.434. The van der Waals surface area contributed by atoms with Gasteiger partial charge >= 0.3 is 27.7 Å². The molecule has 29 heavy (non-hydrogen) atoms. The lowest BCUT2D eigenvalue weighted by atomic mass is 10.2. The van der Waals surface area contributed by atoms with Gasteiger partial charge in [0.2, 0.25) is 5.58 Å². The van der Waals surface area contributed by atoms with E-state index in [1.54, 1.807) is 23.1 Å². The third-order valence-electron chi connectivity index (χ3n) is 4.11. The van der Waals surface area contributed by atoms with Crippen LogP contribution in [0.2, 0.25) is 0 Å². The van der Waals surface area contributed by atoms with E-state index in [0.29, 0.717) is 16.5 Å². The molecule has 152 valence electrons. The van der Waals surface area contributed by atoms with Gasteiger partial charge in [-0.05, 0) is 12.1 Å². The molecule has 0 unspecified atom stereocenters. The molecule has 2 aromatic heterocycles. The molecular formula is C17H15N2O8S2+. The average Bonchev–Trinajstić information content (AvgIpc) is 3.30. The third kappa shape index (κ3) is 3.81. The van der Waals surface area contributed by atoms with Gasteiger partial charge in [-0.2, -0.15) is 8.42 Å². The number of benzene rings is 1. The highest BCUT2D eigenvalue weighted by Gasteiger charge is 2.33. The molecule has 2 N–H and O–H groups in total. The van der Waals surface area contributed by atoms with Gasteiger partial charge in [-0.15, -0.1) is 4.57 Å². The molecule has 3 heterocycles. The second-order valence-electron chi connectivity index (χ2n) is 6.07. The number of hydrogen-bond acceptors (Lipinski definition) is 8. The number of thioether (sulfide) groups is 1. The van der Waals surface area contributed by atoms with Crippen molar-refractivity contribution < 1.29 is 41.0 Å². The van der Waals surface area contributed by atoms with Crippen LogP contribution in [0.1, 0.15) is 5.89 Å². The minimum atomic E-state index is -4.39. The molecule has 0 atom stereocenters. The fourth-order valence-corrected chi connectivity index (χ4v) is 4.58. The van der Waals surface area contributed by atoms with Crippen LogP contribution < -0.4 is 14.2 Å². The summed E-state index contributed by atoms with van der Waals surface area (Å²) in [6.45, 7) is -0.325. The second kappa shape index (κ2) is 7.13. The molecule has 0 radical (unpaired) electrons. The Bertz CT molecular complexity index is 1240. The minimum Gasteiger partial charge on any atom is -0.497 e. The lowest BCUT2D eigenvalue weighted by Gasteiger charge is -2.17. The normalized spacial score (nSPS) is 15.2. The summed E-state index contributed by atoms with van der Waals surface area (Å²) >= 11 is 1.29. The van der Waals surface area contributed by atoms with Gasteiger partial charge in [0.05, 0.1) is 23.9 Å². The number of aromatic nitrogens is 1. The molecule has 3 aromatic rings. The predicted molar refractivity (Wildman–Crippen MR) is 102 cm³/mol. The van der Waals surface area contributed by atoms with Crippen LogP contribution in [-0.4, -0.2) is 37.7 Å². The van der Waals surface area contributed by atoms with E-state index in [0.717, 1.165) is 9.46 Å². The lowest BCUT2D eigenvalue weighted by Crippen LogP contribution is -2.39. The van der Waals surface area contributed by atoms with Gasteiger partial charge in [0, 0.05) is 17.0 Å². The maximum atomic E-state index is 11.4. The number of fused-ring (bicyclic) bond motifs is 2. The lowest BCUT2D eigenvalue weighted by molar-refractivity contribution is -0.665. The van der Waals surface area contributed by atoms with Gasteiger partial charge in [-0.3, -0.25) is 9.35 Å². The molecule has 1 aromatic carbocycles. The number of anilines is 1. The average molecular weight is 439 g/mol. The zero-order chi connectivity index (χ0) is 20.8. The Morgan fingerprint density at radius 2 is 2.17 bits per heavy atom. The van der Waals surface area contributed by atoms with Gasteiger partial charge in [0.25, 0.3) is 5.88 Å². The number of aliphatic carboxylic acids is 1. The number of ether oxygens (including phenoxy) is 1. The predicted octanol–water partition coefficient (Wildman–Crippen LogP) is 2.16. The van der Waals surface area contributed by atoms with Crippen LogP contribution in [0.4, 0.5) is 5.69 Å². The number of methoxy groups -OCH3 is 1. The summed E-state index contributed by atoms with van der Waals surface area (Å²) in [6.07, 6.45) is 2.83. The van der Waals surface area contributed by atoms with E-state index in [2.05, 4.69) is 0 Å². The van der Waals surface area contributed by atoms with E-state index in [1.165, 1.54) is 37.3 Å². The molecule has 12 heteroatoms. The van der Waals surface area contributed by atoms with Crippen molar-refractivity contribution in [3.05, 3.63) is 41.4 Å². The Kier molecular flexibility index (Phi) is 4.76. The fraction of sp³-hybridized carbons (Fsp3) is 0.176. The van der Waals surface area contributed by atoms with Crippen LogP contribution in [-0.2, 0) is 20.8 Å². The summed E-state index contributed by atoms with van der Waals surface area (Å²) in [5.74, 6) is -1.18. The van der Waals surface area contributed by atoms with Crippen molar-refractivity contribution in [3.8, 4) is 5.75 Å². The van der Waals surface area contributed by atoms with E-state index in [9.17, 15) is 22.9 Å². The monoisotopic (exact) mass is 439 g/mol. The zero-order valence-electron chi connectivity index (χ0n) is 14.9. The summed E-state index contributed by atoms with van der Waals surface area (Å²) in [7, 11) is -2.87. The Labute approximate surface area is 168 Å². The largest absolute Gasteiger partial charge is 0.497 e. The number of rotatable bonds is 6. The van der Waals surface area contributed by atoms with Gasteiger partial charge < -0.3 is 23.6 Å². The SMILES string of the molecule is COc1ccc2c(c1)N(CC(=O)O)C(=Cc1oc3ccoc3[n+]1CS(=O)(=O)O)S2. The first-order chi connectivity index (χ1) is 13.7. The Morgan fingerprint density at radius 3 is 2.86 bits per heavy atom. The molecule has 10 nitrogen and oxygen atoms in total. The summed E-state index contributed by atoms with van der Waals surface area (Å²) < 4.78 is 49.4. The van der Waals surface area contributed by atoms with Gasteiger partial charge in [0.15, 0.2) is 0 Å². The van der Waals surface area contributed by atoms with Crippen LogP contribution in [0.25, 0.3) is 17.4 Å². The summed E-state index contributed by atoms with van der Waals surface area (Å²) in [5, 5.41) is 9.83. The Hall–Kier alpha value is -2.96. The Balaban J connectivity index is 1.82. The number of carboxylic acids is 1. The van der Waals surface area contributed by atoms with Crippen molar-refractivity contribution in [3.63, 3.8) is 0 Å². The molecule has 1 aliphatic rings. The first kappa shape index (κ1) is 19.4. The van der Waals surface area contributed by atoms with Crippen molar-refractivity contribution in [1.29, 1.82) is 0 Å². The second-order valence-corrected chi connectivity index (χ2v) is 8.55. The van der Waals surface area contributed by atoms with Crippen LogP contribution in [0.15, 0.2) is 49.3 Å². The fourth-order valence-electron chi connectivity index (χ4n) is 2.94. The summed E-state index contributed by atoms with van der Waals surface area (Å²) in [5.41, 5.74) is 1.05. The first-order valence-electron chi connectivity index (χ1n) is 8.17. The highest BCUT2D eigenvalue weighted by molar-refractivity contribution is 8.03. The molecule has 0 fully saturated rings. The standard InChI is InChI=1S/C17H14N2O8S2/c1-25-10-2-3-13-11(6-10)18(8-16(20)21)15(28-13)7-14-19(9-29(22,23)24)17-12(27-14)4-5-26-17/h2-7H,8-9H2,1H3,(H-,20,21,22,23,24)/p+1. The number of furan rings is 1. The van der Waals surface area contributed by atoms with Crippen LogP contribution >= 0.6 is 11.8 Å². The highest BCUT2D eigenvalue weighted by Crippen LogP contribution is 2.47. The molecule has 1 aliphatic heterocycles. The summed E-state index contributed by atoms with van der Waals surface area (Å²) in [6, 6.07) is 6.78. The number of nitrogens with zero attached hydrogens (tertiary/aromatic N) is 2. The van der Waals surface area contributed by atoms with Crippen molar-refractivity contribution >= 4 is 50.9 Å². The molecular weight excluding hydrogens is 424 g/mol. The van der Waals surface area contributed by atoms with E-state index in [4.69, 9.17) is 13.6 Å². The van der Waals surface area contributed by atoms with Crippen molar-refractivity contribution in [1.82, 2.24) is 0 Å². The topological polar surface area (TPSA) is 134 Å². The summed E-state index contributed by atoms with van der Waals surface area (Å²) in [4.78, 5) is 13.8. The van der Waals surface area contributed by atoms with Crippen LogP contribution in [0, 0.1) is 0 Å². The van der Waals surface area contributed by atoms with E-state index in [-0.39, 0.29) is 23.7 Å². The number of hydrogen-bond donors (Lipinski definition) is 2. The zero-order valence-corrected chi connectivity index (χ0v) is 16.6. The molecule has 0 spiro atoms. The third-order valence-corrected chi connectivity index (χ3v) is 5.80. The number of carboxylic acid groups (broad SMARTS) is 1. The Morgan fingerprint density at radius 1 is 1.38 bits per heavy atom. The van der Waals surface area contributed by atoms with Gasteiger partial charge in [-0.1, -0.05) is 11.8 Å². The molecule has 0 saturated carbocycles. The molecule has 0 bridgehead atoms. The van der Waals surface area contributed by atoms with Gasteiger partial charge in [-0.25, -0.2) is 0 Å². The maximum Gasteiger partial charge on any atom is 0.421 e. The number of carbonyl (C=O) groups is 1. The van der Waals surface area contributed by atoms with E-state index >= 15 is 0 Å². The molecule has 0 aliphatic carbocycles. The smallest absolute Gasteiger partial charge is 0.421 e. The minimum absolute atomic E-state index is 0.0784. The highest BCUT2D eigenvalue weighted by atomic mass is 32.2. The van der Waals surface area contributed by atoms with E-state index < -0.39 is 22.0 Å². The molecule has 4 rings (SSSR count). The van der Waals surface area contributed by atoms with Crippen molar-refractivity contribution in [2.75, 3.05) is 18.6 Å². The van der Waals surface area contributed by atoms with Crippen LogP contribution in [0.5, 0.6) is 5.75 Å². The van der Waals surface area contributed by atoms with Crippen molar-refractivity contribution in [2.24, 2.45) is 0 Å². The van der Waals surface area contributed by atoms with Crippen molar-refractivity contribution in [2.45, 2.75) is 10.8 Å². The number of oxazole rings is 1.